The molecule has 0 aromatic rings. The Hall–Kier alpha value is 0.110. The van der Waals surface area contributed by atoms with Crippen LogP contribution in [0.25, 0.3) is 0 Å². The van der Waals surface area contributed by atoms with Crippen molar-refractivity contribution in [3.05, 3.63) is 0 Å². The van der Waals surface area contributed by atoms with Crippen LogP contribution in [0.2, 0.25) is 0 Å². The van der Waals surface area contributed by atoms with Gasteiger partial charge in [-0.2, -0.15) is 0 Å². The lowest BCUT2D eigenvalue weighted by Gasteiger charge is -2.25. The molecule has 1 aliphatic rings. The minimum absolute atomic E-state index is 0.310. The predicted molar refractivity (Wildman–Crippen MR) is 58.1 cm³/mol. The van der Waals surface area contributed by atoms with Crippen molar-refractivity contribution in [3.63, 3.8) is 0 Å². The van der Waals surface area contributed by atoms with Crippen LogP contribution in [0.4, 0.5) is 0 Å². The number of unbranched alkanes of at least 4 members (excludes halogenated alkanes) is 1. The van der Waals surface area contributed by atoms with Gasteiger partial charge in [0.2, 0.25) is 0 Å². The van der Waals surface area contributed by atoms with Crippen LogP contribution < -0.4 is 5.73 Å². The Bertz CT molecular complexity index is 172. The average Bonchev–Trinajstić information content (AvgIpc) is 2.14. The lowest BCUT2D eigenvalue weighted by Crippen LogP contribution is -2.33. The van der Waals surface area contributed by atoms with Crippen LogP contribution in [-0.2, 0) is 10.8 Å². The molecule has 1 aliphatic carbocycles. The highest BCUT2D eigenvalue weighted by Gasteiger charge is 2.23. The van der Waals surface area contributed by atoms with Crippen molar-refractivity contribution in [3.8, 4) is 0 Å². The van der Waals surface area contributed by atoms with Crippen molar-refractivity contribution in [1.82, 2.24) is 0 Å². The van der Waals surface area contributed by atoms with E-state index in [1.807, 2.05) is 0 Å². The van der Waals surface area contributed by atoms with Gasteiger partial charge in [0.05, 0.1) is 0 Å². The summed E-state index contributed by atoms with van der Waals surface area (Å²) in [5.41, 5.74) is 5.86. The average molecular weight is 203 g/mol. The molecule has 0 aromatic carbocycles. The van der Waals surface area contributed by atoms with Gasteiger partial charge in [-0.25, -0.2) is 0 Å². The maximum absolute atomic E-state index is 11.8. The van der Waals surface area contributed by atoms with Crippen LogP contribution >= 0.6 is 0 Å². The lowest BCUT2D eigenvalue weighted by molar-refractivity contribution is 0.444. The Morgan fingerprint density at radius 3 is 2.85 bits per heavy atom. The zero-order valence-corrected chi connectivity index (χ0v) is 9.31. The molecular weight excluding hydrogens is 182 g/mol. The molecule has 2 nitrogen and oxygen atoms in total. The first-order valence-electron chi connectivity index (χ1n) is 5.36. The minimum Gasteiger partial charge on any atom is -0.328 e. The van der Waals surface area contributed by atoms with E-state index in [0.29, 0.717) is 11.3 Å². The molecule has 0 heterocycles. The lowest BCUT2D eigenvalue weighted by atomic mass is 9.96. The standard InChI is InChI=1S/C10H21NOS/c1-2-3-7-13(12)10-6-4-5-9(11)8-10/h9-10H,2-8,11H2,1H3. The molecule has 3 atom stereocenters. The highest BCUT2D eigenvalue weighted by molar-refractivity contribution is 7.85. The van der Waals surface area contributed by atoms with Crippen LogP contribution in [0.15, 0.2) is 0 Å². The van der Waals surface area contributed by atoms with Crippen molar-refractivity contribution >= 4 is 10.8 Å². The molecule has 0 aliphatic heterocycles. The van der Waals surface area contributed by atoms with Gasteiger partial charge in [0, 0.05) is 27.8 Å². The summed E-state index contributed by atoms with van der Waals surface area (Å²) in [4.78, 5) is 0. The summed E-state index contributed by atoms with van der Waals surface area (Å²) in [6.07, 6.45) is 6.65. The zero-order chi connectivity index (χ0) is 9.68. The molecule has 2 N–H and O–H groups in total. The molecule has 0 bridgehead atoms. The maximum Gasteiger partial charge on any atom is 0.0362 e. The Kier molecular flexibility index (Phi) is 4.96. The summed E-state index contributed by atoms with van der Waals surface area (Å²) in [5, 5.41) is 0.398. The van der Waals surface area contributed by atoms with Crippen molar-refractivity contribution in [1.29, 1.82) is 0 Å². The molecule has 3 heteroatoms. The quantitative estimate of drug-likeness (QED) is 0.757. The van der Waals surface area contributed by atoms with E-state index >= 15 is 0 Å². The van der Waals surface area contributed by atoms with E-state index in [0.717, 1.165) is 37.9 Å². The Morgan fingerprint density at radius 2 is 2.23 bits per heavy atom. The third-order valence-electron chi connectivity index (χ3n) is 2.74. The van der Waals surface area contributed by atoms with Gasteiger partial charge in [-0.1, -0.05) is 19.8 Å². The molecule has 1 rings (SSSR count). The second kappa shape index (κ2) is 5.76. The van der Waals surface area contributed by atoms with Crippen LogP contribution in [0.3, 0.4) is 0 Å². The van der Waals surface area contributed by atoms with Gasteiger partial charge in [-0.3, -0.25) is 4.21 Å². The summed E-state index contributed by atoms with van der Waals surface area (Å²) >= 11 is 0. The Morgan fingerprint density at radius 1 is 1.46 bits per heavy atom. The first kappa shape index (κ1) is 11.2. The van der Waals surface area contributed by atoms with Crippen molar-refractivity contribution in [2.75, 3.05) is 5.75 Å². The summed E-state index contributed by atoms with van der Waals surface area (Å²) in [6, 6.07) is 0.310. The SMILES string of the molecule is CCCCS(=O)C1CCCC(N)C1. The smallest absolute Gasteiger partial charge is 0.0362 e. The van der Waals surface area contributed by atoms with Gasteiger partial charge < -0.3 is 5.73 Å². The van der Waals surface area contributed by atoms with Crippen molar-refractivity contribution in [2.24, 2.45) is 5.73 Å². The highest BCUT2D eigenvalue weighted by Crippen LogP contribution is 2.21. The Labute approximate surface area is 83.7 Å². The summed E-state index contributed by atoms with van der Waals surface area (Å²) in [7, 11) is -0.607. The second-order valence-electron chi connectivity index (χ2n) is 3.99. The van der Waals surface area contributed by atoms with E-state index in [1.165, 1.54) is 6.42 Å². The van der Waals surface area contributed by atoms with E-state index < -0.39 is 10.8 Å². The maximum atomic E-state index is 11.8. The van der Waals surface area contributed by atoms with Gasteiger partial charge in [-0.15, -0.1) is 0 Å². The van der Waals surface area contributed by atoms with Gasteiger partial charge in [0.1, 0.15) is 0 Å². The summed E-state index contributed by atoms with van der Waals surface area (Å²) < 4.78 is 11.8. The van der Waals surface area contributed by atoms with E-state index in [2.05, 4.69) is 6.92 Å². The summed E-state index contributed by atoms with van der Waals surface area (Å²) in [5.74, 6) is 0.883. The van der Waals surface area contributed by atoms with Crippen LogP contribution in [0.5, 0.6) is 0 Å². The Balaban J connectivity index is 2.28. The first-order chi connectivity index (χ1) is 6.24. The van der Waals surface area contributed by atoms with Gasteiger partial charge in [0.15, 0.2) is 0 Å². The fourth-order valence-corrected chi connectivity index (χ4v) is 3.67. The molecule has 3 unspecified atom stereocenters. The molecule has 0 aromatic heterocycles. The normalized spacial score (nSPS) is 31.5. The second-order valence-corrected chi connectivity index (χ2v) is 5.82. The van der Waals surface area contributed by atoms with Crippen LogP contribution in [0, 0.1) is 0 Å². The number of hydrogen-bond donors (Lipinski definition) is 1. The fraction of sp³-hybridized carbons (Fsp3) is 1.00. The van der Waals surface area contributed by atoms with Crippen molar-refractivity contribution < 1.29 is 4.21 Å². The largest absolute Gasteiger partial charge is 0.328 e. The fourth-order valence-electron chi connectivity index (χ4n) is 1.87. The summed E-state index contributed by atoms with van der Waals surface area (Å²) in [6.45, 7) is 2.14. The van der Waals surface area contributed by atoms with Crippen LogP contribution in [-0.4, -0.2) is 21.3 Å². The number of nitrogens with two attached hydrogens (primary N) is 1. The topological polar surface area (TPSA) is 43.1 Å². The number of hydrogen-bond acceptors (Lipinski definition) is 2. The molecule has 13 heavy (non-hydrogen) atoms. The monoisotopic (exact) mass is 203 g/mol. The molecule has 0 saturated heterocycles. The molecular formula is C10H21NOS. The van der Waals surface area contributed by atoms with E-state index in [1.54, 1.807) is 0 Å². The van der Waals surface area contributed by atoms with Gasteiger partial charge >= 0.3 is 0 Å². The third kappa shape index (κ3) is 3.77. The van der Waals surface area contributed by atoms with E-state index in [9.17, 15) is 4.21 Å². The molecule has 0 spiro atoms. The highest BCUT2D eigenvalue weighted by atomic mass is 32.2. The zero-order valence-electron chi connectivity index (χ0n) is 8.50. The van der Waals surface area contributed by atoms with E-state index in [-0.39, 0.29) is 0 Å². The molecule has 1 saturated carbocycles. The van der Waals surface area contributed by atoms with Crippen LogP contribution in [0.1, 0.15) is 45.4 Å². The van der Waals surface area contributed by atoms with Gasteiger partial charge in [0.25, 0.3) is 0 Å². The first-order valence-corrected chi connectivity index (χ1v) is 6.75. The molecule has 1 fully saturated rings. The number of rotatable bonds is 4. The molecule has 78 valence electrons. The molecule has 0 radical (unpaired) electrons. The predicted octanol–water partition coefficient (Wildman–Crippen LogP) is 1.81. The van der Waals surface area contributed by atoms with Crippen molar-refractivity contribution in [2.45, 2.75) is 56.7 Å². The van der Waals surface area contributed by atoms with Gasteiger partial charge in [-0.05, 0) is 25.7 Å². The third-order valence-corrected chi connectivity index (χ3v) is 4.60. The molecule has 0 amide bonds. The minimum atomic E-state index is -0.607. The van der Waals surface area contributed by atoms with E-state index in [4.69, 9.17) is 5.73 Å².